The molecule has 0 unspecified atom stereocenters. The molecule has 2 aromatic carbocycles. The second kappa shape index (κ2) is 8.64. The summed E-state index contributed by atoms with van der Waals surface area (Å²) in [5.74, 6) is 0. The Kier molecular flexibility index (Phi) is 7.52. The molecule has 0 aliphatic carbocycles. The van der Waals surface area contributed by atoms with Gasteiger partial charge in [-0.1, -0.05) is 40.2 Å². The zero-order valence-corrected chi connectivity index (χ0v) is 15.0. The molecule has 3 N–H and O–H groups in total. The van der Waals surface area contributed by atoms with Crippen LogP contribution in [0.5, 0.6) is 0 Å². The van der Waals surface area contributed by atoms with E-state index < -0.39 is 10.0 Å². The lowest BCUT2D eigenvalue weighted by atomic mass is 10.1. The minimum absolute atomic E-state index is 0. The summed E-state index contributed by atoms with van der Waals surface area (Å²) in [6, 6.07) is 14.8. The summed E-state index contributed by atoms with van der Waals surface area (Å²) in [6.07, 6.45) is 0.832. The van der Waals surface area contributed by atoms with E-state index in [4.69, 9.17) is 5.14 Å². The van der Waals surface area contributed by atoms with Crippen LogP contribution in [-0.2, 0) is 23.0 Å². The Morgan fingerprint density at radius 2 is 1.73 bits per heavy atom. The molecule has 0 amide bonds. The molecule has 0 atom stereocenters. The Morgan fingerprint density at radius 1 is 1.05 bits per heavy atom. The van der Waals surface area contributed by atoms with Gasteiger partial charge in [0.05, 0.1) is 4.90 Å². The second-order valence-electron chi connectivity index (χ2n) is 4.75. The summed E-state index contributed by atoms with van der Waals surface area (Å²) in [5.41, 5.74) is 2.29. The van der Waals surface area contributed by atoms with Gasteiger partial charge in [0, 0.05) is 11.0 Å². The van der Waals surface area contributed by atoms with Crippen LogP contribution in [0, 0.1) is 0 Å². The lowest BCUT2D eigenvalue weighted by molar-refractivity contribution is 0.597. The molecule has 2 aromatic rings. The molecule has 0 spiro atoms. The van der Waals surface area contributed by atoms with Gasteiger partial charge in [0.2, 0.25) is 10.0 Å². The second-order valence-corrected chi connectivity index (χ2v) is 7.22. The van der Waals surface area contributed by atoms with Crippen LogP contribution >= 0.6 is 28.3 Å². The van der Waals surface area contributed by atoms with Crippen molar-refractivity contribution >= 4 is 38.4 Å². The Morgan fingerprint density at radius 3 is 2.32 bits per heavy atom. The van der Waals surface area contributed by atoms with Crippen LogP contribution in [-0.4, -0.2) is 15.0 Å². The molecule has 0 saturated heterocycles. The fourth-order valence-corrected chi connectivity index (χ4v) is 2.92. The smallest absolute Gasteiger partial charge is 0.238 e. The monoisotopic (exact) mass is 404 g/mol. The van der Waals surface area contributed by atoms with Gasteiger partial charge in [0.25, 0.3) is 0 Å². The number of hydrogen-bond acceptors (Lipinski definition) is 3. The largest absolute Gasteiger partial charge is 0.312 e. The van der Waals surface area contributed by atoms with Gasteiger partial charge in [0.1, 0.15) is 0 Å². The van der Waals surface area contributed by atoms with Crippen LogP contribution in [0.1, 0.15) is 11.1 Å². The van der Waals surface area contributed by atoms with Crippen LogP contribution in [0.15, 0.2) is 57.9 Å². The minimum Gasteiger partial charge on any atom is -0.312 e. The van der Waals surface area contributed by atoms with Crippen molar-refractivity contribution in [1.29, 1.82) is 0 Å². The van der Waals surface area contributed by atoms with Gasteiger partial charge in [-0.15, -0.1) is 12.4 Å². The Labute approximate surface area is 145 Å². The maximum Gasteiger partial charge on any atom is 0.238 e. The molecule has 7 heteroatoms. The first-order valence-electron chi connectivity index (χ1n) is 6.52. The van der Waals surface area contributed by atoms with E-state index in [-0.39, 0.29) is 17.3 Å². The standard InChI is InChI=1S/C15H17BrN2O2S.ClH/c16-14-3-1-2-13(10-14)11-18-9-8-12-4-6-15(7-5-12)21(17,19)20;/h1-7,10,18H,8-9,11H2,(H2,17,19,20);1H. The van der Waals surface area contributed by atoms with Gasteiger partial charge in [-0.05, 0) is 48.4 Å². The molecule has 0 radical (unpaired) electrons. The van der Waals surface area contributed by atoms with Crippen molar-refractivity contribution in [3.63, 3.8) is 0 Å². The summed E-state index contributed by atoms with van der Waals surface area (Å²) in [4.78, 5) is 0.147. The average Bonchev–Trinajstić information content (AvgIpc) is 2.43. The lowest BCUT2D eigenvalue weighted by Gasteiger charge is -2.06. The Bertz CT molecular complexity index is 706. The summed E-state index contributed by atoms with van der Waals surface area (Å²) in [5, 5.41) is 8.42. The van der Waals surface area contributed by atoms with E-state index in [1.165, 1.54) is 5.56 Å². The number of benzene rings is 2. The zero-order valence-electron chi connectivity index (χ0n) is 11.8. The maximum absolute atomic E-state index is 11.2. The number of primary sulfonamides is 1. The van der Waals surface area contributed by atoms with Crippen molar-refractivity contribution in [3.05, 3.63) is 64.1 Å². The minimum atomic E-state index is -3.60. The SMILES string of the molecule is Cl.NS(=O)(=O)c1ccc(CCNCc2cccc(Br)c2)cc1. The van der Waals surface area contributed by atoms with Crippen LogP contribution in [0.3, 0.4) is 0 Å². The molecule has 0 bridgehead atoms. The van der Waals surface area contributed by atoms with Crippen molar-refractivity contribution in [2.24, 2.45) is 5.14 Å². The van der Waals surface area contributed by atoms with Crippen molar-refractivity contribution < 1.29 is 8.42 Å². The molecule has 0 fully saturated rings. The predicted molar refractivity (Wildman–Crippen MR) is 94.6 cm³/mol. The van der Waals surface area contributed by atoms with Crippen molar-refractivity contribution in [2.45, 2.75) is 17.9 Å². The van der Waals surface area contributed by atoms with Crippen molar-refractivity contribution in [3.8, 4) is 0 Å². The van der Waals surface area contributed by atoms with E-state index in [0.717, 1.165) is 29.5 Å². The highest BCUT2D eigenvalue weighted by Gasteiger charge is 2.06. The Hall–Kier alpha value is -0.920. The molecule has 22 heavy (non-hydrogen) atoms. The molecule has 0 aliphatic heterocycles. The van der Waals surface area contributed by atoms with Gasteiger partial charge in [-0.25, -0.2) is 13.6 Å². The third kappa shape index (κ3) is 6.06. The highest BCUT2D eigenvalue weighted by atomic mass is 79.9. The molecule has 0 aromatic heterocycles. The molecule has 0 aliphatic rings. The molecule has 120 valence electrons. The number of rotatable bonds is 6. The highest BCUT2D eigenvalue weighted by Crippen LogP contribution is 2.11. The average molecular weight is 406 g/mol. The first-order chi connectivity index (χ1) is 9.95. The third-order valence-corrected chi connectivity index (χ3v) is 4.48. The van der Waals surface area contributed by atoms with Crippen LogP contribution in [0.4, 0.5) is 0 Å². The van der Waals surface area contributed by atoms with Crippen LogP contribution in [0.2, 0.25) is 0 Å². The lowest BCUT2D eigenvalue weighted by Crippen LogP contribution is -2.17. The van der Waals surface area contributed by atoms with Gasteiger partial charge in [-0.2, -0.15) is 0 Å². The number of halogens is 2. The quantitative estimate of drug-likeness (QED) is 0.726. The van der Waals surface area contributed by atoms with Crippen molar-refractivity contribution in [2.75, 3.05) is 6.54 Å². The van der Waals surface area contributed by atoms with Crippen LogP contribution in [0.25, 0.3) is 0 Å². The van der Waals surface area contributed by atoms with Gasteiger partial charge < -0.3 is 5.32 Å². The predicted octanol–water partition coefficient (Wildman–Crippen LogP) is 2.85. The normalized spacial score (nSPS) is 11.0. The molecule has 4 nitrogen and oxygen atoms in total. The highest BCUT2D eigenvalue weighted by molar-refractivity contribution is 9.10. The third-order valence-electron chi connectivity index (χ3n) is 3.06. The number of nitrogens with one attached hydrogen (secondary N) is 1. The topological polar surface area (TPSA) is 72.2 Å². The van der Waals surface area contributed by atoms with E-state index in [2.05, 4.69) is 33.4 Å². The fraction of sp³-hybridized carbons (Fsp3) is 0.200. The molecular weight excluding hydrogens is 388 g/mol. The van der Waals surface area contributed by atoms with E-state index in [1.807, 2.05) is 12.1 Å². The molecule has 0 saturated carbocycles. The van der Waals surface area contributed by atoms with Gasteiger partial charge in [-0.3, -0.25) is 0 Å². The summed E-state index contributed by atoms with van der Waals surface area (Å²) in [6.45, 7) is 1.62. The van der Waals surface area contributed by atoms with E-state index in [0.29, 0.717) is 0 Å². The van der Waals surface area contributed by atoms with Gasteiger partial charge in [0.15, 0.2) is 0 Å². The van der Waals surface area contributed by atoms with E-state index in [1.54, 1.807) is 24.3 Å². The zero-order chi connectivity index (χ0) is 15.3. The first-order valence-corrected chi connectivity index (χ1v) is 8.86. The fourth-order valence-electron chi connectivity index (χ4n) is 1.96. The summed E-state index contributed by atoms with van der Waals surface area (Å²) < 4.78 is 23.4. The molecule has 0 heterocycles. The van der Waals surface area contributed by atoms with E-state index in [9.17, 15) is 8.42 Å². The first kappa shape index (κ1) is 19.1. The Balaban J connectivity index is 0.00000242. The summed E-state index contributed by atoms with van der Waals surface area (Å²) in [7, 11) is -3.60. The van der Waals surface area contributed by atoms with Gasteiger partial charge >= 0.3 is 0 Å². The molecular formula is C15H18BrClN2O2S. The number of sulfonamides is 1. The van der Waals surface area contributed by atoms with Crippen molar-refractivity contribution in [1.82, 2.24) is 5.32 Å². The number of hydrogen-bond donors (Lipinski definition) is 2. The summed E-state index contributed by atoms with van der Waals surface area (Å²) >= 11 is 3.44. The molecule has 2 rings (SSSR count). The maximum atomic E-state index is 11.2. The van der Waals surface area contributed by atoms with E-state index >= 15 is 0 Å². The van der Waals surface area contributed by atoms with Crippen LogP contribution < -0.4 is 10.5 Å². The number of nitrogens with two attached hydrogens (primary N) is 1.